The fourth-order valence-corrected chi connectivity index (χ4v) is 4.05. The lowest BCUT2D eigenvalue weighted by Crippen LogP contribution is -2.21. The van der Waals surface area contributed by atoms with Crippen molar-refractivity contribution in [1.82, 2.24) is 4.57 Å². The Bertz CT molecular complexity index is 1420. The van der Waals surface area contributed by atoms with Crippen LogP contribution in [-0.2, 0) is 6.54 Å². The zero-order valence-corrected chi connectivity index (χ0v) is 18.5. The maximum absolute atomic E-state index is 13.5. The molecule has 0 aliphatic carbocycles. The lowest BCUT2D eigenvalue weighted by Gasteiger charge is -2.21. The van der Waals surface area contributed by atoms with Gasteiger partial charge in [0.2, 0.25) is 5.43 Å². The summed E-state index contributed by atoms with van der Waals surface area (Å²) in [7, 11) is 1.62. The molecule has 0 radical (unpaired) electrons. The third kappa shape index (κ3) is 3.96. The van der Waals surface area contributed by atoms with Gasteiger partial charge in [0.1, 0.15) is 19.0 Å². The molecule has 6 nitrogen and oxygen atoms in total. The molecule has 33 heavy (non-hydrogen) atoms. The van der Waals surface area contributed by atoms with E-state index in [2.05, 4.69) is 0 Å². The summed E-state index contributed by atoms with van der Waals surface area (Å²) in [6.07, 6.45) is 1.64. The third-order valence-corrected chi connectivity index (χ3v) is 5.79. The van der Waals surface area contributed by atoms with E-state index in [1.807, 2.05) is 54.0 Å². The Morgan fingerprint density at radius 3 is 2.45 bits per heavy atom. The van der Waals surface area contributed by atoms with E-state index in [-0.39, 0.29) is 16.8 Å². The Morgan fingerprint density at radius 2 is 1.73 bits per heavy atom. The first kappa shape index (κ1) is 20.8. The predicted octanol–water partition coefficient (Wildman–Crippen LogP) is 4.37. The minimum Gasteiger partial charge on any atom is -0.497 e. The number of benzene rings is 3. The first-order chi connectivity index (χ1) is 16.0. The van der Waals surface area contributed by atoms with Gasteiger partial charge in [-0.3, -0.25) is 9.59 Å². The van der Waals surface area contributed by atoms with Crippen LogP contribution in [0.3, 0.4) is 0 Å². The molecular weight excluding hydrogens is 418 g/mol. The summed E-state index contributed by atoms with van der Waals surface area (Å²) in [5, 5.41) is 0.417. The van der Waals surface area contributed by atoms with Crippen molar-refractivity contribution >= 4 is 16.7 Å². The number of hydrogen-bond donors (Lipinski definition) is 0. The molecule has 6 heteroatoms. The first-order valence-corrected chi connectivity index (χ1v) is 10.7. The van der Waals surface area contributed by atoms with Crippen molar-refractivity contribution < 1.29 is 19.0 Å². The van der Waals surface area contributed by atoms with Gasteiger partial charge in [-0.15, -0.1) is 0 Å². The van der Waals surface area contributed by atoms with Crippen molar-refractivity contribution in [2.75, 3.05) is 20.3 Å². The largest absolute Gasteiger partial charge is 0.497 e. The van der Waals surface area contributed by atoms with Crippen molar-refractivity contribution in [2.45, 2.75) is 13.5 Å². The number of aromatic nitrogens is 1. The molecule has 1 aliphatic rings. The van der Waals surface area contributed by atoms with Crippen LogP contribution in [0.2, 0.25) is 0 Å². The second-order valence-electron chi connectivity index (χ2n) is 8.06. The Hall–Kier alpha value is -4.06. The van der Waals surface area contributed by atoms with Crippen LogP contribution in [0.25, 0.3) is 10.9 Å². The molecule has 0 saturated heterocycles. The van der Waals surface area contributed by atoms with E-state index < -0.39 is 0 Å². The van der Waals surface area contributed by atoms with E-state index in [1.165, 1.54) is 0 Å². The van der Waals surface area contributed by atoms with Gasteiger partial charge in [0, 0.05) is 24.4 Å². The molecule has 166 valence electrons. The van der Waals surface area contributed by atoms with Gasteiger partial charge in [0.15, 0.2) is 17.3 Å². The van der Waals surface area contributed by atoms with E-state index in [9.17, 15) is 9.59 Å². The van der Waals surface area contributed by atoms with E-state index in [0.717, 1.165) is 16.9 Å². The monoisotopic (exact) mass is 441 g/mol. The van der Waals surface area contributed by atoms with Crippen LogP contribution in [0.5, 0.6) is 17.2 Å². The molecular formula is C27H23NO5. The van der Waals surface area contributed by atoms with Crippen LogP contribution in [0.15, 0.2) is 71.7 Å². The van der Waals surface area contributed by atoms with E-state index >= 15 is 0 Å². The molecule has 0 fully saturated rings. The van der Waals surface area contributed by atoms with Gasteiger partial charge in [-0.1, -0.05) is 42.0 Å². The SMILES string of the molecule is COc1cccc(Cn2cc(C(=O)c3ccc(C)cc3)c(=O)c3cc4c(cc32)OCCO4)c1. The summed E-state index contributed by atoms with van der Waals surface area (Å²) in [6.45, 7) is 3.26. The van der Waals surface area contributed by atoms with Crippen LogP contribution in [0, 0.1) is 6.92 Å². The number of nitrogens with zero attached hydrogens (tertiary/aromatic N) is 1. The molecule has 0 unspecified atom stereocenters. The second-order valence-corrected chi connectivity index (χ2v) is 8.06. The van der Waals surface area contributed by atoms with Crippen molar-refractivity contribution in [1.29, 1.82) is 0 Å². The Kier molecular flexibility index (Phi) is 5.34. The normalized spacial score (nSPS) is 12.5. The molecule has 2 heterocycles. The average molecular weight is 441 g/mol. The van der Waals surface area contributed by atoms with Gasteiger partial charge >= 0.3 is 0 Å². The summed E-state index contributed by atoms with van der Waals surface area (Å²) < 4.78 is 18.7. The Labute approximate surface area is 191 Å². The smallest absolute Gasteiger partial charge is 0.200 e. The van der Waals surface area contributed by atoms with E-state index in [1.54, 1.807) is 31.5 Å². The highest BCUT2D eigenvalue weighted by Crippen LogP contribution is 2.34. The van der Waals surface area contributed by atoms with E-state index in [0.29, 0.717) is 47.7 Å². The van der Waals surface area contributed by atoms with Gasteiger partial charge in [-0.05, 0) is 30.7 Å². The summed E-state index contributed by atoms with van der Waals surface area (Å²) >= 11 is 0. The fraction of sp³-hybridized carbons (Fsp3) is 0.185. The number of rotatable bonds is 5. The molecule has 0 saturated carbocycles. The van der Waals surface area contributed by atoms with Crippen LogP contribution in [-0.4, -0.2) is 30.7 Å². The number of ketones is 1. The lowest BCUT2D eigenvalue weighted by molar-refractivity contribution is 0.103. The number of hydrogen-bond acceptors (Lipinski definition) is 5. The maximum Gasteiger partial charge on any atom is 0.200 e. The van der Waals surface area contributed by atoms with Crippen molar-refractivity contribution in [3.8, 4) is 17.2 Å². The van der Waals surface area contributed by atoms with E-state index in [4.69, 9.17) is 14.2 Å². The summed E-state index contributed by atoms with van der Waals surface area (Å²) in [5.74, 6) is 1.53. The summed E-state index contributed by atoms with van der Waals surface area (Å²) in [4.78, 5) is 26.8. The van der Waals surface area contributed by atoms with Crippen molar-refractivity contribution in [2.24, 2.45) is 0 Å². The molecule has 5 rings (SSSR count). The Morgan fingerprint density at radius 1 is 1.00 bits per heavy atom. The lowest BCUT2D eigenvalue weighted by atomic mass is 10.0. The second kappa shape index (κ2) is 8.47. The first-order valence-electron chi connectivity index (χ1n) is 10.7. The molecule has 0 spiro atoms. The standard InChI is InChI=1S/C27H23NO5/c1-17-6-8-19(9-7-17)26(29)22-16-28(15-18-4-3-5-20(12-18)31-2)23-14-25-24(32-10-11-33-25)13-21(23)27(22)30/h3-9,12-14,16H,10-11,15H2,1-2H3. The summed E-state index contributed by atoms with van der Waals surface area (Å²) in [5.41, 5.74) is 2.96. The van der Waals surface area contributed by atoms with Gasteiger partial charge in [-0.25, -0.2) is 0 Å². The van der Waals surface area contributed by atoms with Crippen LogP contribution in [0.4, 0.5) is 0 Å². The molecule has 0 amide bonds. The zero-order valence-electron chi connectivity index (χ0n) is 18.5. The molecule has 1 aromatic heterocycles. The van der Waals surface area contributed by atoms with Gasteiger partial charge in [0.05, 0.1) is 23.6 Å². The quantitative estimate of drug-likeness (QED) is 0.430. The number of methoxy groups -OCH3 is 1. The molecule has 4 aromatic rings. The minimum atomic E-state index is -0.325. The average Bonchev–Trinajstić information content (AvgIpc) is 2.85. The number of aryl methyl sites for hydroxylation is 1. The molecule has 0 N–H and O–H groups in total. The fourth-order valence-electron chi connectivity index (χ4n) is 4.05. The van der Waals surface area contributed by atoms with Gasteiger partial charge < -0.3 is 18.8 Å². The third-order valence-electron chi connectivity index (χ3n) is 5.79. The summed E-state index contributed by atoms with van der Waals surface area (Å²) in [6, 6.07) is 18.4. The van der Waals surface area contributed by atoms with Gasteiger partial charge in [-0.2, -0.15) is 0 Å². The topological polar surface area (TPSA) is 66.8 Å². The van der Waals surface area contributed by atoms with Crippen LogP contribution in [0.1, 0.15) is 27.0 Å². The highest BCUT2D eigenvalue weighted by Gasteiger charge is 2.21. The zero-order chi connectivity index (χ0) is 22.9. The predicted molar refractivity (Wildman–Crippen MR) is 126 cm³/mol. The number of fused-ring (bicyclic) bond motifs is 2. The Balaban J connectivity index is 1.70. The maximum atomic E-state index is 13.5. The van der Waals surface area contributed by atoms with Crippen molar-refractivity contribution in [3.05, 3.63) is 99.3 Å². The van der Waals surface area contributed by atoms with Crippen LogP contribution >= 0.6 is 0 Å². The number of carbonyl (C=O) groups is 1. The minimum absolute atomic E-state index is 0.117. The molecule has 0 bridgehead atoms. The number of ether oxygens (including phenoxy) is 3. The highest BCUT2D eigenvalue weighted by molar-refractivity contribution is 6.10. The molecule has 1 aliphatic heterocycles. The van der Waals surface area contributed by atoms with Crippen LogP contribution < -0.4 is 19.6 Å². The molecule has 0 atom stereocenters. The number of carbonyl (C=O) groups excluding carboxylic acids is 1. The molecule has 3 aromatic carbocycles. The van der Waals surface area contributed by atoms with Gasteiger partial charge in [0.25, 0.3) is 0 Å². The highest BCUT2D eigenvalue weighted by atomic mass is 16.6. The number of pyridine rings is 1. The van der Waals surface area contributed by atoms with Crippen molar-refractivity contribution in [3.63, 3.8) is 0 Å².